The van der Waals surface area contributed by atoms with Gasteiger partial charge in [0.05, 0.1) is 64.0 Å². The third-order valence-corrected chi connectivity index (χ3v) is 9.04. The Kier molecular flexibility index (Phi) is 15.3. The van der Waals surface area contributed by atoms with Crippen LogP contribution in [0.5, 0.6) is 23.0 Å². The molecule has 2 aliphatic heterocycles. The fourth-order valence-corrected chi connectivity index (χ4v) is 5.72. The van der Waals surface area contributed by atoms with Crippen molar-refractivity contribution in [3.8, 4) is 23.0 Å². The summed E-state index contributed by atoms with van der Waals surface area (Å²) >= 11 is 0. The molecule has 2 aliphatic rings. The first-order chi connectivity index (χ1) is 25.3. The summed E-state index contributed by atoms with van der Waals surface area (Å²) in [6, 6.07) is 20.2. The van der Waals surface area contributed by atoms with Gasteiger partial charge in [0.2, 0.25) is 0 Å². The Morgan fingerprint density at radius 1 is 0.519 bits per heavy atom. The molecule has 2 saturated heterocycles. The molecule has 282 valence electrons. The van der Waals surface area contributed by atoms with Gasteiger partial charge >= 0.3 is 11.9 Å². The molecule has 2 heterocycles. The highest BCUT2D eigenvalue weighted by Crippen LogP contribution is 2.30. The second-order valence-corrected chi connectivity index (χ2v) is 14.5. The zero-order valence-electron chi connectivity index (χ0n) is 30.7. The van der Waals surface area contributed by atoms with E-state index < -0.39 is 11.9 Å². The van der Waals surface area contributed by atoms with Crippen LogP contribution in [0, 0.1) is 10.8 Å². The fraction of sp³-hybridized carbons (Fsp3) is 0.524. The summed E-state index contributed by atoms with van der Waals surface area (Å²) < 4.78 is 45.0. The van der Waals surface area contributed by atoms with Gasteiger partial charge in [-0.25, -0.2) is 9.59 Å². The van der Waals surface area contributed by atoms with Gasteiger partial charge in [-0.05, 0) is 99.2 Å². The minimum atomic E-state index is -0.570. The molecule has 10 heteroatoms. The molecule has 0 radical (unpaired) electrons. The minimum absolute atomic E-state index is 0.145. The second-order valence-electron chi connectivity index (χ2n) is 14.5. The van der Waals surface area contributed by atoms with E-state index in [-0.39, 0.29) is 22.3 Å². The van der Waals surface area contributed by atoms with Crippen LogP contribution in [-0.2, 0) is 18.9 Å². The van der Waals surface area contributed by atoms with Crippen molar-refractivity contribution in [1.82, 2.24) is 0 Å². The number of hydrogen-bond donors (Lipinski definition) is 0. The highest BCUT2D eigenvalue weighted by atomic mass is 16.6. The molecule has 0 bridgehead atoms. The average Bonchev–Trinajstić information content (AvgIpc) is 3.13. The van der Waals surface area contributed by atoms with E-state index in [0.717, 1.165) is 104 Å². The molecule has 3 aromatic rings. The van der Waals surface area contributed by atoms with Crippen LogP contribution in [0.25, 0.3) is 0 Å². The maximum Gasteiger partial charge on any atom is 0.343 e. The lowest BCUT2D eigenvalue weighted by molar-refractivity contribution is -0.138. The number of esters is 2. The molecule has 3 aromatic carbocycles. The summed E-state index contributed by atoms with van der Waals surface area (Å²) in [6.45, 7) is 11.8. The van der Waals surface area contributed by atoms with Gasteiger partial charge in [-0.1, -0.05) is 38.8 Å². The van der Waals surface area contributed by atoms with Gasteiger partial charge in [0.15, 0.2) is 11.5 Å². The maximum atomic E-state index is 12.9. The molecular weight excluding hydrogens is 664 g/mol. The van der Waals surface area contributed by atoms with E-state index in [1.165, 1.54) is 0 Å². The smallest absolute Gasteiger partial charge is 0.343 e. The molecule has 0 N–H and O–H groups in total. The van der Waals surface area contributed by atoms with Crippen molar-refractivity contribution in [3.05, 3.63) is 83.9 Å². The maximum absolute atomic E-state index is 12.9. The third-order valence-electron chi connectivity index (χ3n) is 9.04. The minimum Gasteiger partial charge on any atom is -0.494 e. The van der Waals surface area contributed by atoms with Gasteiger partial charge in [-0.15, -0.1) is 0 Å². The summed E-state index contributed by atoms with van der Waals surface area (Å²) in [5.41, 5.74) is 1.10. The van der Waals surface area contributed by atoms with Crippen LogP contribution in [0.1, 0.15) is 85.9 Å². The number of hydrogen-bond acceptors (Lipinski definition) is 10. The largest absolute Gasteiger partial charge is 0.494 e. The first kappa shape index (κ1) is 39.3. The lowest BCUT2D eigenvalue weighted by Crippen LogP contribution is -2.43. The number of rotatable bonds is 24. The normalized spacial score (nSPS) is 15.6. The number of para-hydroxylation sites is 2. The monoisotopic (exact) mass is 718 g/mol. The third kappa shape index (κ3) is 12.9. The van der Waals surface area contributed by atoms with Crippen LogP contribution in [0.4, 0.5) is 0 Å². The first-order valence-electron chi connectivity index (χ1n) is 18.6. The highest BCUT2D eigenvalue weighted by molar-refractivity contribution is 5.93. The molecule has 0 amide bonds. The summed E-state index contributed by atoms with van der Waals surface area (Å²) in [4.78, 5) is 25.9. The van der Waals surface area contributed by atoms with E-state index in [1.807, 2.05) is 0 Å². The van der Waals surface area contributed by atoms with Gasteiger partial charge < -0.3 is 37.9 Å². The van der Waals surface area contributed by atoms with Crippen molar-refractivity contribution in [3.63, 3.8) is 0 Å². The molecule has 2 fully saturated rings. The Labute approximate surface area is 308 Å². The van der Waals surface area contributed by atoms with Gasteiger partial charge in [0, 0.05) is 24.0 Å². The molecule has 0 aromatic heterocycles. The van der Waals surface area contributed by atoms with Crippen molar-refractivity contribution in [2.45, 2.75) is 65.2 Å². The topological polar surface area (TPSA) is 108 Å². The standard InChI is InChI=1S/C42H54O10/c1-41(29-47-30-41)27-45-23-9-3-5-11-25-49-35-19-15-33(16-20-35)39(43)51-37-13-7-8-14-38(37)52-40(44)34-17-21-36(22-18-34)50-26-12-6-4-10-24-46-28-42(2)31-48-32-42/h7-8,13-22H,3-6,9-12,23-32H2,1-2H3. The molecule has 0 atom stereocenters. The van der Waals surface area contributed by atoms with Crippen LogP contribution in [0.3, 0.4) is 0 Å². The van der Waals surface area contributed by atoms with Crippen molar-refractivity contribution in [2.75, 3.05) is 66.1 Å². The SMILES string of the molecule is CC1(COCCCCCCOc2ccc(C(=O)Oc3ccccc3OC(=O)c3ccc(OCCCCCCOCC4(C)COC4)cc3)cc2)COC1. The molecule has 0 aliphatic carbocycles. The van der Waals surface area contributed by atoms with Crippen LogP contribution >= 0.6 is 0 Å². The Morgan fingerprint density at radius 3 is 1.23 bits per heavy atom. The lowest BCUT2D eigenvalue weighted by Gasteiger charge is -2.37. The molecule has 10 nitrogen and oxygen atoms in total. The van der Waals surface area contributed by atoms with E-state index in [4.69, 9.17) is 37.9 Å². The fourth-order valence-electron chi connectivity index (χ4n) is 5.72. The molecule has 5 rings (SSSR count). The lowest BCUT2D eigenvalue weighted by atomic mass is 9.90. The average molecular weight is 719 g/mol. The van der Waals surface area contributed by atoms with Gasteiger partial charge in [-0.3, -0.25) is 0 Å². The first-order valence-corrected chi connectivity index (χ1v) is 18.6. The predicted octanol–water partition coefficient (Wildman–Crippen LogP) is 8.11. The number of unbranched alkanes of at least 4 members (excludes halogenated alkanes) is 6. The molecule has 52 heavy (non-hydrogen) atoms. The summed E-state index contributed by atoms with van der Waals surface area (Å²) in [5.74, 6) is 0.518. The quantitative estimate of drug-likeness (QED) is 0.0512. The molecular formula is C42H54O10. The van der Waals surface area contributed by atoms with Gasteiger partial charge in [0.1, 0.15) is 11.5 Å². The van der Waals surface area contributed by atoms with Gasteiger partial charge in [-0.2, -0.15) is 0 Å². The number of carbonyl (C=O) groups excluding carboxylic acids is 2. The van der Waals surface area contributed by atoms with Crippen molar-refractivity contribution >= 4 is 11.9 Å². The zero-order valence-corrected chi connectivity index (χ0v) is 30.7. The zero-order chi connectivity index (χ0) is 36.5. The van der Waals surface area contributed by atoms with Crippen LogP contribution in [0.2, 0.25) is 0 Å². The van der Waals surface area contributed by atoms with Crippen LogP contribution < -0.4 is 18.9 Å². The molecule has 0 spiro atoms. The van der Waals surface area contributed by atoms with E-state index in [9.17, 15) is 9.59 Å². The summed E-state index contributed by atoms with van der Waals surface area (Å²) in [5, 5.41) is 0. The molecule has 0 saturated carbocycles. The summed E-state index contributed by atoms with van der Waals surface area (Å²) in [7, 11) is 0. The Balaban J connectivity index is 0.949. The van der Waals surface area contributed by atoms with Gasteiger partial charge in [0.25, 0.3) is 0 Å². The highest BCUT2D eigenvalue weighted by Gasteiger charge is 2.34. The van der Waals surface area contributed by atoms with Crippen LogP contribution in [-0.4, -0.2) is 78.0 Å². The predicted molar refractivity (Wildman–Crippen MR) is 197 cm³/mol. The summed E-state index contributed by atoms with van der Waals surface area (Å²) in [6.07, 6.45) is 8.26. The number of carbonyl (C=O) groups is 2. The van der Waals surface area contributed by atoms with Crippen LogP contribution in [0.15, 0.2) is 72.8 Å². The second kappa shape index (κ2) is 20.3. The van der Waals surface area contributed by atoms with Crippen molar-refractivity contribution < 1.29 is 47.5 Å². The Bertz CT molecular complexity index is 1400. The Hall–Kier alpha value is -3.96. The van der Waals surface area contributed by atoms with Crippen molar-refractivity contribution in [2.24, 2.45) is 10.8 Å². The van der Waals surface area contributed by atoms with E-state index in [1.54, 1.807) is 72.8 Å². The number of benzene rings is 3. The van der Waals surface area contributed by atoms with E-state index in [2.05, 4.69) is 13.8 Å². The molecule has 0 unspecified atom stereocenters. The Morgan fingerprint density at radius 2 is 0.885 bits per heavy atom. The van der Waals surface area contributed by atoms with E-state index >= 15 is 0 Å². The number of ether oxygens (including phenoxy) is 8. The van der Waals surface area contributed by atoms with Crippen molar-refractivity contribution in [1.29, 1.82) is 0 Å². The van der Waals surface area contributed by atoms with E-state index in [0.29, 0.717) is 35.8 Å².